The summed E-state index contributed by atoms with van der Waals surface area (Å²) in [5, 5.41) is 0. The third-order valence-electron chi connectivity index (χ3n) is 3.99. The van der Waals surface area contributed by atoms with Gasteiger partial charge in [-0.1, -0.05) is 18.9 Å². The van der Waals surface area contributed by atoms with Crippen molar-refractivity contribution < 1.29 is 4.39 Å². The fraction of sp³-hybridized carbons (Fsp3) is 0.625. The second kappa shape index (κ2) is 6.38. The van der Waals surface area contributed by atoms with Gasteiger partial charge in [0.2, 0.25) is 0 Å². The molecule has 1 unspecified atom stereocenters. The van der Waals surface area contributed by atoms with Gasteiger partial charge in [0.1, 0.15) is 5.82 Å². The summed E-state index contributed by atoms with van der Waals surface area (Å²) >= 11 is 0. The van der Waals surface area contributed by atoms with Crippen LogP contribution < -0.4 is 10.6 Å². The molecule has 2 nitrogen and oxygen atoms in total. The highest BCUT2D eigenvalue weighted by Gasteiger charge is 2.18. The first-order chi connectivity index (χ1) is 9.06. The van der Waals surface area contributed by atoms with E-state index in [-0.39, 0.29) is 11.9 Å². The minimum Gasteiger partial charge on any atom is -0.372 e. The molecule has 0 amide bonds. The number of rotatable bonds is 5. The summed E-state index contributed by atoms with van der Waals surface area (Å²) in [5.74, 6) is 0.604. The number of hydrogen-bond acceptors (Lipinski definition) is 2. The van der Waals surface area contributed by atoms with E-state index < -0.39 is 0 Å². The van der Waals surface area contributed by atoms with Crippen LogP contribution >= 0.6 is 0 Å². The lowest BCUT2D eigenvalue weighted by atomic mass is 10.1. The van der Waals surface area contributed by atoms with Gasteiger partial charge in [0, 0.05) is 19.6 Å². The molecular formula is C16H25FN2. The van der Waals surface area contributed by atoms with Crippen molar-refractivity contribution in [1.82, 2.24) is 0 Å². The molecular weight excluding hydrogens is 239 g/mol. The van der Waals surface area contributed by atoms with Crippen LogP contribution in [0.25, 0.3) is 0 Å². The Kier molecular flexibility index (Phi) is 4.81. The Bertz CT molecular complexity index is 411. The Balaban J connectivity index is 2.02. The quantitative estimate of drug-likeness (QED) is 0.883. The zero-order chi connectivity index (χ0) is 13.8. The van der Waals surface area contributed by atoms with Gasteiger partial charge in [-0.2, -0.15) is 0 Å². The van der Waals surface area contributed by atoms with Crippen molar-refractivity contribution in [3.05, 3.63) is 29.6 Å². The number of nitrogens with zero attached hydrogens (tertiary/aromatic N) is 1. The van der Waals surface area contributed by atoms with Gasteiger partial charge >= 0.3 is 0 Å². The van der Waals surface area contributed by atoms with E-state index in [1.54, 1.807) is 6.07 Å². The average Bonchev–Trinajstić information content (AvgIpc) is 2.80. The molecule has 1 saturated carbocycles. The first-order valence-electron chi connectivity index (χ1n) is 7.31. The molecule has 1 aromatic carbocycles. The number of hydrogen-bond donors (Lipinski definition) is 1. The van der Waals surface area contributed by atoms with E-state index in [0.29, 0.717) is 5.69 Å². The summed E-state index contributed by atoms with van der Waals surface area (Å²) in [6, 6.07) is 5.58. The summed E-state index contributed by atoms with van der Waals surface area (Å²) in [5.41, 5.74) is 7.43. The van der Waals surface area contributed by atoms with E-state index in [4.69, 9.17) is 5.73 Å². The molecule has 0 spiro atoms. The maximum absolute atomic E-state index is 14.1. The Hall–Kier alpha value is -1.09. The minimum atomic E-state index is -0.126. The summed E-state index contributed by atoms with van der Waals surface area (Å²) in [4.78, 5) is 2.06. The molecule has 3 heteroatoms. The third-order valence-corrected chi connectivity index (χ3v) is 3.99. The van der Waals surface area contributed by atoms with Crippen molar-refractivity contribution in [2.24, 2.45) is 11.7 Å². The molecule has 1 aliphatic carbocycles. The molecule has 1 aliphatic rings. The van der Waals surface area contributed by atoms with Crippen molar-refractivity contribution in [3.8, 4) is 0 Å². The Labute approximate surface area is 115 Å². The number of anilines is 1. The van der Waals surface area contributed by atoms with Crippen molar-refractivity contribution in [2.75, 3.05) is 18.5 Å². The largest absolute Gasteiger partial charge is 0.372 e. The zero-order valence-electron chi connectivity index (χ0n) is 12.0. The second-order valence-corrected chi connectivity index (χ2v) is 6.00. The van der Waals surface area contributed by atoms with Gasteiger partial charge in [0.15, 0.2) is 0 Å². The molecule has 1 aromatic rings. The monoisotopic (exact) mass is 264 g/mol. The molecule has 0 aliphatic heterocycles. The smallest absolute Gasteiger partial charge is 0.146 e. The van der Waals surface area contributed by atoms with Crippen molar-refractivity contribution in [2.45, 2.75) is 45.1 Å². The van der Waals surface area contributed by atoms with Gasteiger partial charge in [-0.3, -0.25) is 0 Å². The van der Waals surface area contributed by atoms with E-state index >= 15 is 0 Å². The fourth-order valence-electron chi connectivity index (χ4n) is 3.04. The fourth-order valence-corrected chi connectivity index (χ4v) is 3.04. The summed E-state index contributed by atoms with van der Waals surface area (Å²) in [7, 11) is 1.99. The van der Waals surface area contributed by atoms with Crippen LogP contribution in [0.3, 0.4) is 0 Å². The number of halogens is 1. The van der Waals surface area contributed by atoms with Gasteiger partial charge < -0.3 is 10.6 Å². The van der Waals surface area contributed by atoms with Gasteiger partial charge in [-0.05, 0) is 49.8 Å². The molecule has 19 heavy (non-hydrogen) atoms. The predicted molar refractivity (Wildman–Crippen MR) is 79.0 cm³/mol. The molecule has 106 valence electrons. The topological polar surface area (TPSA) is 29.3 Å². The molecule has 0 radical (unpaired) electrons. The minimum absolute atomic E-state index is 0.0708. The maximum atomic E-state index is 14.1. The molecule has 0 aromatic heterocycles. The molecule has 0 heterocycles. The lowest BCUT2D eigenvalue weighted by Crippen LogP contribution is -2.25. The van der Waals surface area contributed by atoms with Crippen LogP contribution in [0.5, 0.6) is 0 Å². The van der Waals surface area contributed by atoms with Crippen LogP contribution in [-0.2, 0) is 6.42 Å². The second-order valence-electron chi connectivity index (χ2n) is 6.00. The number of nitrogens with two attached hydrogens (primary N) is 1. The first kappa shape index (κ1) is 14.3. The summed E-state index contributed by atoms with van der Waals surface area (Å²) in [6.45, 7) is 2.90. The van der Waals surface area contributed by atoms with E-state index in [9.17, 15) is 4.39 Å². The first-order valence-corrected chi connectivity index (χ1v) is 7.31. The SMILES string of the molecule is CC(N)Cc1ccc(N(C)CC2CCCC2)c(F)c1. The van der Waals surface area contributed by atoms with Gasteiger partial charge in [-0.25, -0.2) is 4.39 Å². The predicted octanol–water partition coefficient (Wildman–Crippen LogP) is 3.34. The molecule has 2 rings (SSSR count). The molecule has 0 saturated heterocycles. The Morgan fingerprint density at radius 2 is 2.05 bits per heavy atom. The highest BCUT2D eigenvalue weighted by atomic mass is 19.1. The van der Waals surface area contributed by atoms with Crippen molar-refractivity contribution in [3.63, 3.8) is 0 Å². The summed E-state index contributed by atoms with van der Waals surface area (Å²) in [6.07, 6.45) is 5.95. The maximum Gasteiger partial charge on any atom is 0.146 e. The Morgan fingerprint density at radius 1 is 1.37 bits per heavy atom. The standard InChI is InChI=1S/C16H25FN2/c1-12(18)9-14-7-8-16(15(17)10-14)19(2)11-13-5-3-4-6-13/h7-8,10,12-13H,3-6,9,11,18H2,1-2H3. The van der Waals surface area contributed by atoms with E-state index in [1.165, 1.54) is 25.7 Å². The van der Waals surface area contributed by atoms with E-state index in [0.717, 1.165) is 24.4 Å². The third kappa shape index (κ3) is 3.93. The molecule has 0 bridgehead atoms. The van der Waals surface area contributed by atoms with Crippen LogP contribution in [0.4, 0.5) is 10.1 Å². The van der Waals surface area contributed by atoms with Crippen LogP contribution in [0.15, 0.2) is 18.2 Å². The lowest BCUT2D eigenvalue weighted by Gasteiger charge is -2.24. The van der Waals surface area contributed by atoms with Crippen LogP contribution in [0.1, 0.15) is 38.2 Å². The number of benzene rings is 1. The highest BCUT2D eigenvalue weighted by Crippen LogP contribution is 2.28. The van der Waals surface area contributed by atoms with Crippen LogP contribution in [0, 0.1) is 11.7 Å². The van der Waals surface area contributed by atoms with Crippen molar-refractivity contribution in [1.29, 1.82) is 0 Å². The molecule has 1 atom stereocenters. The average molecular weight is 264 g/mol. The van der Waals surface area contributed by atoms with Crippen LogP contribution in [0.2, 0.25) is 0 Å². The molecule has 1 fully saturated rings. The molecule has 2 N–H and O–H groups in total. The lowest BCUT2D eigenvalue weighted by molar-refractivity contribution is 0.538. The zero-order valence-corrected chi connectivity index (χ0v) is 12.0. The van der Waals surface area contributed by atoms with E-state index in [2.05, 4.69) is 4.90 Å². The van der Waals surface area contributed by atoms with E-state index in [1.807, 2.05) is 26.1 Å². The normalized spacial score (nSPS) is 17.7. The van der Waals surface area contributed by atoms with Crippen LogP contribution in [-0.4, -0.2) is 19.6 Å². The highest BCUT2D eigenvalue weighted by molar-refractivity contribution is 5.48. The van der Waals surface area contributed by atoms with Gasteiger partial charge in [-0.15, -0.1) is 0 Å². The Morgan fingerprint density at radius 3 is 2.63 bits per heavy atom. The summed E-state index contributed by atoms with van der Waals surface area (Å²) < 4.78 is 14.1. The van der Waals surface area contributed by atoms with Gasteiger partial charge in [0.05, 0.1) is 5.69 Å². The van der Waals surface area contributed by atoms with Crippen molar-refractivity contribution >= 4 is 5.69 Å². The van der Waals surface area contributed by atoms with Gasteiger partial charge in [0.25, 0.3) is 0 Å².